The van der Waals surface area contributed by atoms with Crippen LogP contribution in [0.1, 0.15) is 92.5 Å². The minimum Gasteiger partial charge on any atom is -0.493 e. The first kappa shape index (κ1) is 46.7. The number of anilines is 2. The van der Waals surface area contributed by atoms with Gasteiger partial charge in [0.15, 0.2) is 19.8 Å². The molecule has 2 heterocycles. The van der Waals surface area contributed by atoms with Crippen molar-refractivity contribution in [1.29, 1.82) is 0 Å². The van der Waals surface area contributed by atoms with Gasteiger partial charge in [0.1, 0.15) is 19.0 Å². The topological polar surface area (TPSA) is 154 Å². The van der Waals surface area contributed by atoms with Crippen molar-refractivity contribution in [2.45, 2.75) is 103 Å². The van der Waals surface area contributed by atoms with E-state index in [1.807, 2.05) is 13.8 Å². The molecule has 0 saturated carbocycles. The highest BCUT2D eigenvalue weighted by molar-refractivity contribution is 6.74. The van der Waals surface area contributed by atoms with Crippen molar-refractivity contribution in [1.82, 2.24) is 9.80 Å². The van der Waals surface area contributed by atoms with Crippen molar-refractivity contribution >= 4 is 43.7 Å². The third-order valence-corrected chi connectivity index (χ3v) is 15.7. The van der Waals surface area contributed by atoms with Crippen molar-refractivity contribution in [3.05, 3.63) is 66.3 Å². The van der Waals surface area contributed by atoms with Crippen LogP contribution >= 0.6 is 0 Å². The van der Waals surface area contributed by atoms with Crippen molar-refractivity contribution in [3.8, 4) is 17.2 Å². The van der Waals surface area contributed by atoms with Crippen molar-refractivity contribution in [2.24, 2.45) is 0 Å². The van der Waals surface area contributed by atoms with Gasteiger partial charge in [0.05, 0.1) is 55.5 Å². The predicted octanol–water partition coefficient (Wildman–Crippen LogP) is 8.96. The van der Waals surface area contributed by atoms with E-state index in [0.29, 0.717) is 74.3 Å². The standard InChI is InChI=1S/C44H64N4O10Si/c1-11-21-56-42(51)45-35-27-37(30(4)25-33(35)40(49)48-20-18-32(48)29-58-59(9,10)44(5,6)7)54-23-15-14-16-24-55-39-28-36(46-43(52)57-22-12-2)34(26-38(39)53-8)41(50)47-19-17-31(47)13-3/h11-12,25-28,31-32H,1-2,13-24,29H2,3-10H3,(H,45,51)(H,46,52)/t31-,32+/m1/s1. The van der Waals surface area contributed by atoms with E-state index in [9.17, 15) is 19.2 Å². The molecule has 0 bridgehead atoms. The van der Waals surface area contributed by atoms with Gasteiger partial charge < -0.3 is 37.9 Å². The molecule has 2 aliphatic rings. The first-order valence-corrected chi connectivity index (χ1v) is 23.4. The highest BCUT2D eigenvalue weighted by Crippen LogP contribution is 2.39. The molecule has 2 saturated heterocycles. The van der Waals surface area contributed by atoms with E-state index in [1.54, 1.807) is 34.1 Å². The third kappa shape index (κ3) is 12.3. The van der Waals surface area contributed by atoms with Crippen LogP contribution in [0.25, 0.3) is 0 Å². The van der Waals surface area contributed by atoms with Crippen LogP contribution in [-0.4, -0.2) is 107 Å². The Morgan fingerprint density at radius 2 is 1.29 bits per heavy atom. The lowest BCUT2D eigenvalue weighted by atomic mass is 9.98. The fraction of sp³-hybridized carbons (Fsp3) is 0.545. The Bertz CT molecular complexity index is 1830. The second-order valence-electron chi connectivity index (χ2n) is 16.4. The average Bonchev–Trinajstić information content (AvgIpc) is 3.15. The summed E-state index contributed by atoms with van der Waals surface area (Å²) in [5, 5.41) is 5.48. The summed E-state index contributed by atoms with van der Waals surface area (Å²) in [4.78, 5) is 56.2. The summed E-state index contributed by atoms with van der Waals surface area (Å²) >= 11 is 0. The summed E-state index contributed by atoms with van der Waals surface area (Å²) in [5.41, 5.74) is 1.96. The zero-order chi connectivity index (χ0) is 43.3. The number of hydrogen-bond donors (Lipinski definition) is 2. The second-order valence-corrected chi connectivity index (χ2v) is 21.2. The molecule has 0 radical (unpaired) electrons. The summed E-state index contributed by atoms with van der Waals surface area (Å²) in [6.45, 7) is 24.5. The number of aryl methyl sites for hydroxylation is 1. The van der Waals surface area contributed by atoms with Crippen LogP contribution in [0.5, 0.6) is 17.2 Å². The minimum absolute atomic E-state index is 0.0169. The van der Waals surface area contributed by atoms with E-state index < -0.39 is 20.5 Å². The van der Waals surface area contributed by atoms with Gasteiger partial charge in [-0.3, -0.25) is 20.2 Å². The highest BCUT2D eigenvalue weighted by Gasteiger charge is 2.41. The molecule has 4 amide bonds. The summed E-state index contributed by atoms with van der Waals surface area (Å²) in [6, 6.07) is 6.70. The minimum atomic E-state index is -2.00. The van der Waals surface area contributed by atoms with Crippen LogP contribution in [0.3, 0.4) is 0 Å². The van der Waals surface area contributed by atoms with Gasteiger partial charge in [-0.1, -0.05) is 53.0 Å². The van der Waals surface area contributed by atoms with Gasteiger partial charge in [0, 0.05) is 31.3 Å². The lowest BCUT2D eigenvalue weighted by Crippen LogP contribution is -2.55. The SMILES string of the molecule is C=CCOC(=O)Nc1cc(OCCCCCOc2cc(NC(=O)OCC=C)c(C(=O)N3CC[C@H]3CO[Si](C)(C)C(C)(C)C)cc2C)c(OC)cc1C(=O)N1CC[C@H]1CC. The maximum Gasteiger partial charge on any atom is 0.411 e. The third-order valence-electron chi connectivity index (χ3n) is 11.2. The summed E-state index contributed by atoms with van der Waals surface area (Å²) in [6.07, 6.45) is 6.25. The van der Waals surface area contributed by atoms with Gasteiger partial charge >= 0.3 is 12.2 Å². The number of ether oxygens (including phenoxy) is 5. The molecule has 15 heteroatoms. The Labute approximate surface area is 350 Å². The molecule has 2 aromatic carbocycles. The van der Waals surface area contributed by atoms with Crippen LogP contribution in [0.4, 0.5) is 21.0 Å². The van der Waals surface area contributed by atoms with Gasteiger partial charge in [-0.05, 0) is 81.3 Å². The highest BCUT2D eigenvalue weighted by atomic mass is 28.4. The van der Waals surface area contributed by atoms with Gasteiger partial charge in [-0.15, -0.1) is 0 Å². The lowest BCUT2D eigenvalue weighted by molar-refractivity contribution is 0.0314. The van der Waals surface area contributed by atoms with E-state index >= 15 is 0 Å². The molecule has 2 aromatic rings. The monoisotopic (exact) mass is 836 g/mol. The van der Waals surface area contributed by atoms with E-state index in [-0.39, 0.29) is 53.4 Å². The van der Waals surface area contributed by atoms with Crippen LogP contribution < -0.4 is 24.8 Å². The van der Waals surface area contributed by atoms with Crippen LogP contribution in [0.2, 0.25) is 18.1 Å². The number of carbonyl (C=O) groups is 4. The lowest BCUT2D eigenvalue weighted by Gasteiger charge is -2.44. The van der Waals surface area contributed by atoms with E-state index in [1.165, 1.54) is 19.3 Å². The predicted molar refractivity (Wildman–Crippen MR) is 232 cm³/mol. The summed E-state index contributed by atoms with van der Waals surface area (Å²) in [7, 11) is -0.498. The summed E-state index contributed by atoms with van der Waals surface area (Å²) < 4.78 is 34.6. The van der Waals surface area contributed by atoms with Crippen LogP contribution in [0, 0.1) is 6.92 Å². The van der Waals surface area contributed by atoms with Crippen molar-refractivity contribution < 1.29 is 47.3 Å². The quantitative estimate of drug-likeness (QED) is 0.0708. The number of rotatable bonds is 21. The largest absolute Gasteiger partial charge is 0.493 e. The smallest absolute Gasteiger partial charge is 0.411 e. The molecule has 59 heavy (non-hydrogen) atoms. The maximum atomic E-state index is 13.9. The molecule has 324 valence electrons. The molecule has 0 unspecified atom stereocenters. The average molecular weight is 837 g/mol. The molecular weight excluding hydrogens is 773 g/mol. The molecular formula is C44H64N4O10Si. The maximum absolute atomic E-state index is 13.9. The number of benzene rings is 2. The Kier molecular flexibility index (Phi) is 16.8. The molecule has 0 aromatic heterocycles. The number of carbonyl (C=O) groups excluding carboxylic acids is 4. The fourth-order valence-electron chi connectivity index (χ4n) is 6.39. The van der Waals surface area contributed by atoms with Gasteiger partial charge in [-0.25, -0.2) is 9.59 Å². The Hall–Kier alpha value is -5.02. The molecule has 2 N–H and O–H groups in total. The molecule has 2 aliphatic heterocycles. The number of nitrogens with zero attached hydrogens (tertiary/aromatic N) is 2. The number of hydrogen-bond acceptors (Lipinski definition) is 10. The van der Waals surface area contributed by atoms with Gasteiger partial charge in [0.2, 0.25) is 0 Å². The van der Waals surface area contributed by atoms with E-state index in [2.05, 4.69) is 57.7 Å². The number of amides is 4. The number of methoxy groups -OCH3 is 1. The Morgan fingerprint density at radius 3 is 1.76 bits per heavy atom. The van der Waals surface area contributed by atoms with Crippen LogP contribution in [-0.2, 0) is 13.9 Å². The molecule has 2 fully saturated rings. The van der Waals surface area contributed by atoms with E-state index in [0.717, 1.165) is 31.2 Å². The van der Waals surface area contributed by atoms with Crippen LogP contribution in [0.15, 0.2) is 49.6 Å². The zero-order valence-electron chi connectivity index (χ0n) is 36.2. The summed E-state index contributed by atoms with van der Waals surface area (Å²) in [5.74, 6) is 0.886. The molecule has 4 rings (SSSR count). The normalized spacial score (nSPS) is 16.2. The molecule has 0 spiro atoms. The fourth-order valence-corrected chi connectivity index (χ4v) is 7.43. The Balaban J connectivity index is 1.37. The number of nitrogens with one attached hydrogen (secondary N) is 2. The first-order chi connectivity index (χ1) is 28.0. The van der Waals surface area contributed by atoms with E-state index in [4.69, 9.17) is 28.1 Å². The number of unbranched alkanes of at least 4 members (excludes halogenated alkanes) is 2. The van der Waals surface area contributed by atoms with Crippen molar-refractivity contribution in [3.63, 3.8) is 0 Å². The number of likely N-dealkylation sites (tertiary alicyclic amines) is 2. The van der Waals surface area contributed by atoms with Gasteiger partial charge in [0.25, 0.3) is 11.8 Å². The first-order valence-electron chi connectivity index (χ1n) is 20.5. The molecule has 0 aliphatic carbocycles. The second kappa shape index (κ2) is 21.3. The Morgan fingerprint density at radius 1 is 0.780 bits per heavy atom. The van der Waals surface area contributed by atoms with Crippen molar-refractivity contribution in [2.75, 3.05) is 63.9 Å². The molecule has 14 nitrogen and oxygen atoms in total. The molecule has 2 atom stereocenters. The van der Waals surface area contributed by atoms with Gasteiger partial charge in [-0.2, -0.15) is 0 Å². The zero-order valence-corrected chi connectivity index (χ0v) is 37.2.